The third-order valence-electron chi connectivity index (χ3n) is 2.84. The Balaban J connectivity index is 2.08. The van der Waals surface area contributed by atoms with Gasteiger partial charge in [-0.3, -0.25) is 4.79 Å². The SMILES string of the molecule is CN(Cc1ncon1)C(=O)C(CO)c1ccccc1. The Hall–Kier alpha value is -2.21. The number of rotatable bonds is 5. The third kappa shape index (κ3) is 3.17. The van der Waals surface area contributed by atoms with E-state index in [0.717, 1.165) is 5.56 Å². The minimum atomic E-state index is -0.571. The predicted octanol–water partition coefficient (Wildman–Crippen LogP) is 0.804. The zero-order valence-corrected chi connectivity index (χ0v) is 10.6. The Morgan fingerprint density at radius 1 is 1.42 bits per heavy atom. The minimum Gasteiger partial charge on any atom is -0.395 e. The number of likely N-dealkylation sites (N-methyl/N-ethyl adjacent to an activating group) is 1. The van der Waals surface area contributed by atoms with Gasteiger partial charge in [-0.05, 0) is 5.56 Å². The molecule has 0 radical (unpaired) electrons. The Labute approximate surface area is 110 Å². The number of carbonyl (C=O) groups excluding carboxylic acids is 1. The lowest BCUT2D eigenvalue weighted by Crippen LogP contribution is -2.33. The second kappa shape index (κ2) is 6.10. The molecule has 0 fully saturated rings. The van der Waals surface area contributed by atoms with Crippen molar-refractivity contribution < 1.29 is 14.4 Å². The first kappa shape index (κ1) is 13.2. The first-order chi connectivity index (χ1) is 9.22. The zero-order valence-electron chi connectivity index (χ0n) is 10.6. The van der Waals surface area contributed by atoms with Crippen LogP contribution < -0.4 is 0 Å². The van der Waals surface area contributed by atoms with Gasteiger partial charge in [-0.1, -0.05) is 35.5 Å². The number of hydrogen-bond acceptors (Lipinski definition) is 5. The van der Waals surface area contributed by atoms with Gasteiger partial charge in [0.1, 0.15) is 0 Å². The van der Waals surface area contributed by atoms with Gasteiger partial charge in [-0.15, -0.1) is 0 Å². The van der Waals surface area contributed by atoms with Gasteiger partial charge in [-0.2, -0.15) is 4.98 Å². The highest BCUT2D eigenvalue weighted by Gasteiger charge is 2.23. The molecule has 0 saturated carbocycles. The fourth-order valence-corrected chi connectivity index (χ4v) is 1.83. The second-order valence-corrected chi connectivity index (χ2v) is 4.19. The van der Waals surface area contributed by atoms with Crippen molar-refractivity contribution in [2.75, 3.05) is 13.7 Å². The second-order valence-electron chi connectivity index (χ2n) is 4.19. The lowest BCUT2D eigenvalue weighted by molar-refractivity contribution is -0.133. The Morgan fingerprint density at radius 3 is 2.74 bits per heavy atom. The normalized spacial score (nSPS) is 12.1. The van der Waals surface area contributed by atoms with E-state index >= 15 is 0 Å². The van der Waals surface area contributed by atoms with Gasteiger partial charge in [0.15, 0.2) is 5.82 Å². The Morgan fingerprint density at radius 2 is 2.16 bits per heavy atom. The maximum atomic E-state index is 12.3. The molecule has 0 saturated heterocycles. The van der Waals surface area contributed by atoms with Gasteiger partial charge >= 0.3 is 0 Å². The molecule has 1 aromatic heterocycles. The van der Waals surface area contributed by atoms with Crippen molar-refractivity contribution >= 4 is 5.91 Å². The summed E-state index contributed by atoms with van der Waals surface area (Å²) < 4.78 is 4.62. The lowest BCUT2D eigenvalue weighted by atomic mass is 9.99. The first-order valence-electron chi connectivity index (χ1n) is 5.88. The highest BCUT2D eigenvalue weighted by Crippen LogP contribution is 2.17. The van der Waals surface area contributed by atoms with Crippen LogP contribution in [0.15, 0.2) is 41.2 Å². The van der Waals surface area contributed by atoms with E-state index < -0.39 is 5.92 Å². The van der Waals surface area contributed by atoms with E-state index in [1.165, 1.54) is 11.3 Å². The van der Waals surface area contributed by atoms with E-state index in [2.05, 4.69) is 14.7 Å². The molecule has 2 aromatic rings. The van der Waals surface area contributed by atoms with Crippen LogP contribution in [0.3, 0.4) is 0 Å². The standard InChI is InChI=1S/C13H15N3O3/c1-16(7-12-14-9-19-15-12)13(18)11(8-17)10-5-3-2-4-6-10/h2-6,9,11,17H,7-8H2,1H3. The number of aliphatic hydroxyl groups is 1. The fourth-order valence-electron chi connectivity index (χ4n) is 1.83. The topological polar surface area (TPSA) is 79.5 Å². The van der Waals surface area contributed by atoms with Crippen molar-refractivity contribution in [1.82, 2.24) is 15.0 Å². The molecule has 0 aliphatic carbocycles. The van der Waals surface area contributed by atoms with Gasteiger partial charge in [0.05, 0.1) is 19.1 Å². The van der Waals surface area contributed by atoms with Crippen molar-refractivity contribution in [2.24, 2.45) is 0 Å². The Kier molecular flexibility index (Phi) is 4.25. The van der Waals surface area contributed by atoms with Crippen LogP contribution in [0.4, 0.5) is 0 Å². The van der Waals surface area contributed by atoms with Crippen LogP contribution in [-0.2, 0) is 11.3 Å². The summed E-state index contributed by atoms with van der Waals surface area (Å²) in [6.45, 7) is 0.0120. The molecule has 1 unspecified atom stereocenters. The molecule has 2 rings (SSSR count). The summed E-state index contributed by atoms with van der Waals surface area (Å²) in [6.07, 6.45) is 1.22. The van der Waals surface area contributed by atoms with Crippen LogP contribution in [0.5, 0.6) is 0 Å². The quantitative estimate of drug-likeness (QED) is 0.861. The van der Waals surface area contributed by atoms with E-state index in [9.17, 15) is 9.90 Å². The summed E-state index contributed by atoms with van der Waals surface area (Å²) in [4.78, 5) is 17.6. The minimum absolute atomic E-state index is 0.182. The van der Waals surface area contributed by atoms with E-state index in [4.69, 9.17) is 0 Å². The fraction of sp³-hybridized carbons (Fsp3) is 0.308. The van der Waals surface area contributed by atoms with Gasteiger partial charge in [0.25, 0.3) is 0 Å². The molecular formula is C13H15N3O3. The monoisotopic (exact) mass is 261 g/mol. The van der Waals surface area contributed by atoms with Crippen molar-refractivity contribution in [3.63, 3.8) is 0 Å². The molecule has 0 aliphatic rings. The highest BCUT2D eigenvalue weighted by molar-refractivity contribution is 5.83. The average Bonchev–Trinajstić information content (AvgIpc) is 2.93. The van der Waals surface area contributed by atoms with Crippen molar-refractivity contribution in [3.05, 3.63) is 48.1 Å². The molecule has 1 atom stereocenters. The van der Waals surface area contributed by atoms with Gasteiger partial charge in [0.2, 0.25) is 12.3 Å². The number of carbonyl (C=O) groups is 1. The summed E-state index contributed by atoms with van der Waals surface area (Å²) in [7, 11) is 1.64. The number of amides is 1. The van der Waals surface area contributed by atoms with Gasteiger partial charge in [0, 0.05) is 7.05 Å². The maximum absolute atomic E-state index is 12.3. The number of aromatic nitrogens is 2. The molecule has 1 heterocycles. The molecule has 0 spiro atoms. The number of benzene rings is 1. The largest absolute Gasteiger partial charge is 0.395 e. The molecule has 1 aromatic carbocycles. The summed E-state index contributed by atoms with van der Waals surface area (Å²) in [6, 6.07) is 9.18. The van der Waals surface area contributed by atoms with Crippen LogP contribution in [0.2, 0.25) is 0 Å². The lowest BCUT2D eigenvalue weighted by Gasteiger charge is -2.21. The van der Waals surface area contributed by atoms with E-state index in [-0.39, 0.29) is 19.1 Å². The van der Waals surface area contributed by atoms with Crippen LogP contribution >= 0.6 is 0 Å². The molecule has 1 N–H and O–H groups in total. The summed E-state index contributed by atoms with van der Waals surface area (Å²) in [5.74, 6) is -0.322. The summed E-state index contributed by atoms with van der Waals surface area (Å²) in [5.41, 5.74) is 0.787. The maximum Gasteiger partial charge on any atom is 0.232 e. The molecule has 100 valence electrons. The highest BCUT2D eigenvalue weighted by atomic mass is 16.5. The molecular weight excluding hydrogens is 246 g/mol. The van der Waals surface area contributed by atoms with E-state index in [1.807, 2.05) is 30.3 Å². The Bertz CT molecular complexity index is 513. The van der Waals surface area contributed by atoms with Crippen LogP contribution in [0, 0.1) is 0 Å². The third-order valence-corrected chi connectivity index (χ3v) is 2.84. The molecule has 19 heavy (non-hydrogen) atoms. The number of hydrogen-bond donors (Lipinski definition) is 1. The van der Waals surface area contributed by atoms with E-state index in [1.54, 1.807) is 7.05 Å². The van der Waals surface area contributed by atoms with Crippen molar-refractivity contribution in [1.29, 1.82) is 0 Å². The van der Waals surface area contributed by atoms with Gasteiger partial charge in [-0.25, -0.2) is 0 Å². The van der Waals surface area contributed by atoms with Crippen molar-refractivity contribution in [2.45, 2.75) is 12.5 Å². The van der Waals surface area contributed by atoms with Crippen LogP contribution in [-0.4, -0.2) is 39.7 Å². The van der Waals surface area contributed by atoms with Gasteiger partial charge < -0.3 is 14.5 Å². The van der Waals surface area contributed by atoms with Crippen LogP contribution in [0.25, 0.3) is 0 Å². The molecule has 1 amide bonds. The summed E-state index contributed by atoms with van der Waals surface area (Å²) in [5, 5.41) is 13.1. The first-order valence-corrected chi connectivity index (χ1v) is 5.88. The average molecular weight is 261 g/mol. The molecule has 0 aliphatic heterocycles. The predicted molar refractivity (Wildman–Crippen MR) is 67.0 cm³/mol. The zero-order chi connectivity index (χ0) is 13.7. The number of aliphatic hydroxyl groups excluding tert-OH is 1. The number of nitrogens with zero attached hydrogens (tertiary/aromatic N) is 3. The molecule has 6 nitrogen and oxygen atoms in total. The molecule has 0 bridgehead atoms. The van der Waals surface area contributed by atoms with Crippen LogP contribution in [0.1, 0.15) is 17.3 Å². The molecule has 6 heteroatoms. The summed E-state index contributed by atoms with van der Waals surface area (Å²) >= 11 is 0. The van der Waals surface area contributed by atoms with Crippen molar-refractivity contribution in [3.8, 4) is 0 Å². The van der Waals surface area contributed by atoms with E-state index in [0.29, 0.717) is 5.82 Å². The smallest absolute Gasteiger partial charge is 0.232 e.